The van der Waals surface area contributed by atoms with Gasteiger partial charge in [-0.15, -0.1) is 0 Å². The van der Waals surface area contributed by atoms with Gasteiger partial charge in [0.15, 0.2) is 0 Å². The number of para-hydroxylation sites is 1. The second-order valence-electron chi connectivity index (χ2n) is 6.95. The number of ether oxygens (including phenoxy) is 2. The zero-order valence-electron chi connectivity index (χ0n) is 15.8. The second kappa shape index (κ2) is 7.30. The van der Waals surface area contributed by atoms with Gasteiger partial charge in [0.2, 0.25) is 5.79 Å². The second-order valence-corrected chi connectivity index (χ2v) is 6.95. The van der Waals surface area contributed by atoms with Crippen LogP contribution in [-0.2, 0) is 21.7 Å². The van der Waals surface area contributed by atoms with Crippen LogP contribution in [0.4, 0.5) is 4.39 Å². The third-order valence-corrected chi connectivity index (χ3v) is 4.96. The molecule has 5 nitrogen and oxygen atoms in total. The number of rotatable bonds is 4. The molecule has 0 N–H and O–H groups in total. The molecule has 4 rings (SSSR count). The molecule has 1 aromatic heterocycles. The number of halogens is 1. The van der Waals surface area contributed by atoms with Gasteiger partial charge in [0.25, 0.3) is 5.56 Å². The van der Waals surface area contributed by atoms with Gasteiger partial charge in [0, 0.05) is 11.6 Å². The average molecular weight is 380 g/mol. The van der Waals surface area contributed by atoms with Crippen LogP contribution in [-0.4, -0.2) is 23.0 Å². The molecule has 0 unspecified atom stereocenters. The first kappa shape index (κ1) is 18.5. The van der Waals surface area contributed by atoms with Crippen LogP contribution in [0.15, 0.2) is 59.4 Å². The highest BCUT2D eigenvalue weighted by atomic mass is 19.1. The van der Waals surface area contributed by atoms with Crippen molar-refractivity contribution >= 4 is 0 Å². The maximum atomic E-state index is 13.7. The lowest BCUT2D eigenvalue weighted by Crippen LogP contribution is -2.32. The average Bonchev–Trinajstić information content (AvgIpc) is 3.16. The Morgan fingerprint density at radius 3 is 2.50 bits per heavy atom. The summed E-state index contributed by atoms with van der Waals surface area (Å²) in [6.07, 6.45) is 0.310. The Bertz CT molecular complexity index is 1070. The molecule has 3 aromatic rings. The minimum Gasteiger partial charge on any atom is -0.343 e. The van der Waals surface area contributed by atoms with Crippen molar-refractivity contribution in [2.75, 3.05) is 13.2 Å². The molecule has 0 radical (unpaired) electrons. The highest BCUT2D eigenvalue weighted by molar-refractivity contribution is 5.39. The highest BCUT2D eigenvalue weighted by Gasteiger charge is 2.39. The lowest BCUT2D eigenvalue weighted by molar-refractivity contribution is -0.165. The Balaban J connectivity index is 1.74. The van der Waals surface area contributed by atoms with E-state index in [1.54, 1.807) is 25.1 Å². The molecule has 28 heavy (non-hydrogen) atoms. The van der Waals surface area contributed by atoms with Gasteiger partial charge in [0.1, 0.15) is 5.82 Å². The van der Waals surface area contributed by atoms with Crippen molar-refractivity contribution in [3.8, 4) is 5.69 Å². The van der Waals surface area contributed by atoms with Crippen molar-refractivity contribution in [3.63, 3.8) is 0 Å². The van der Waals surface area contributed by atoms with Crippen molar-refractivity contribution in [1.29, 1.82) is 0 Å². The van der Waals surface area contributed by atoms with Gasteiger partial charge < -0.3 is 9.47 Å². The molecule has 0 saturated carbocycles. The smallest absolute Gasteiger partial charge is 0.271 e. The fraction of sp³-hybridized carbons (Fsp3) is 0.273. The van der Waals surface area contributed by atoms with E-state index >= 15 is 0 Å². The normalized spacial score (nSPS) is 15.7. The summed E-state index contributed by atoms with van der Waals surface area (Å²) in [5.74, 6) is -1.32. The van der Waals surface area contributed by atoms with Crippen molar-refractivity contribution in [2.45, 2.75) is 26.1 Å². The quantitative estimate of drug-likeness (QED) is 0.696. The van der Waals surface area contributed by atoms with Crippen molar-refractivity contribution < 1.29 is 13.9 Å². The van der Waals surface area contributed by atoms with E-state index in [4.69, 9.17) is 9.47 Å². The van der Waals surface area contributed by atoms with Crippen molar-refractivity contribution in [2.24, 2.45) is 0 Å². The third-order valence-electron chi connectivity index (χ3n) is 4.96. The van der Waals surface area contributed by atoms with E-state index in [1.165, 1.54) is 16.8 Å². The minimum absolute atomic E-state index is 0.210. The fourth-order valence-electron chi connectivity index (χ4n) is 3.46. The number of nitrogens with zero attached hydrogens (tertiary/aromatic N) is 2. The van der Waals surface area contributed by atoms with Gasteiger partial charge in [-0.3, -0.25) is 4.79 Å². The predicted octanol–water partition coefficient (Wildman–Crippen LogP) is 3.43. The highest BCUT2D eigenvalue weighted by Crippen LogP contribution is 2.35. The van der Waals surface area contributed by atoms with Crippen LogP contribution in [0.1, 0.15) is 22.4 Å². The summed E-state index contributed by atoms with van der Waals surface area (Å²) in [5.41, 5.74) is 3.37. The van der Waals surface area contributed by atoms with Gasteiger partial charge in [0.05, 0.1) is 31.0 Å². The molecular formula is C22H21FN2O3. The lowest BCUT2D eigenvalue weighted by Gasteiger charge is -2.28. The molecule has 1 aliphatic rings. The first-order chi connectivity index (χ1) is 13.5. The summed E-state index contributed by atoms with van der Waals surface area (Å²) < 4.78 is 27.0. The van der Waals surface area contributed by atoms with Gasteiger partial charge in [-0.1, -0.05) is 24.3 Å². The molecule has 6 heteroatoms. The zero-order valence-corrected chi connectivity index (χ0v) is 15.8. The SMILES string of the molecule is Cc1cc(C2(Cc3ccc(=O)n(-c4ccccc4C)n3)OCCO2)ccc1F. The van der Waals surface area contributed by atoms with E-state index in [9.17, 15) is 9.18 Å². The number of hydrogen-bond donors (Lipinski definition) is 0. The number of benzene rings is 2. The summed E-state index contributed by atoms with van der Waals surface area (Å²) in [6, 6.07) is 15.6. The molecular weight excluding hydrogens is 359 g/mol. The topological polar surface area (TPSA) is 53.4 Å². The standard InChI is InChI=1S/C22H21FN2O3/c1-15-5-3-4-6-20(15)25-21(26)10-8-18(24-25)14-22(27-11-12-28-22)17-7-9-19(23)16(2)13-17/h3-10,13H,11-12,14H2,1-2H3. The molecule has 0 bridgehead atoms. The molecule has 0 aliphatic carbocycles. The van der Waals surface area contributed by atoms with Crippen LogP contribution >= 0.6 is 0 Å². The molecule has 0 amide bonds. The molecule has 2 aromatic carbocycles. The molecule has 2 heterocycles. The maximum Gasteiger partial charge on any atom is 0.271 e. The summed E-state index contributed by atoms with van der Waals surface area (Å²) in [5, 5.41) is 4.55. The summed E-state index contributed by atoms with van der Waals surface area (Å²) in [4.78, 5) is 12.4. The van der Waals surface area contributed by atoms with Crippen molar-refractivity contribution in [1.82, 2.24) is 9.78 Å². The van der Waals surface area contributed by atoms with Crippen LogP contribution in [0.3, 0.4) is 0 Å². The molecule has 0 spiro atoms. The van der Waals surface area contributed by atoms with Gasteiger partial charge in [-0.05, 0) is 49.2 Å². The number of aryl methyl sites for hydroxylation is 2. The molecule has 1 saturated heterocycles. The Kier molecular flexibility index (Phi) is 4.83. The van der Waals surface area contributed by atoms with Crippen LogP contribution in [0.5, 0.6) is 0 Å². The van der Waals surface area contributed by atoms with Crippen LogP contribution in [0.25, 0.3) is 5.69 Å². The Hall–Kier alpha value is -2.83. The summed E-state index contributed by atoms with van der Waals surface area (Å²) >= 11 is 0. The Morgan fingerprint density at radius 1 is 1.04 bits per heavy atom. The predicted molar refractivity (Wildman–Crippen MR) is 103 cm³/mol. The number of hydrogen-bond acceptors (Lipinski definition) is 4. The van der Waals surface area contributed by atoms with E-state index in [0.29, 0.717) is 30.9 Å². The summed E-state index contributed by atoms with van der Waals surface area (Å²) in [6.45, 7) is 4.52. The van der Waals surface area contributed by atoms with E-state index in [-0.39, 0.29) is 11.4 Å². The van der Waals surface area contributed by atoms with Gasteiger partial charge >= 0.3 is 0 Å². The van der Waals surface area contributed by atoms with Crippen molar-refractivity contribution in [3.05, 3.63) is 93.2 Å². The Labute approximate surface area is 162 Å². The van der Waals surface area contributed by atoms with Gasteiger partial charge in [-0.25, -0.2) is 4.39 Å². The zero-order chi connectivity index (χ0) is 19.7. The van der Waals surface area contributed by atoms with Crippen LogP contribution < -0.4 is 5.56 Å². The van der Waals surface area contributed by atoms with Crippen LogP contribution in [0, 0.1) is 19.7 Å². The van der Waals surface area contributed by atoms with E-state index in [1.807, 2.05) is 31.2 Å². The fourth-order valence-corrected chi connectivity index (χ4v) is 3.46. The van der Waals surface area contributed by atoms with E-state index in [0.717, 1.165) is 16.8 Å². The Morgan fingerprint density at radius 2 is 1.79 bits per heavy atom. The minimum atomic E-state index is -1.04. The molecule has 1 fully saturated rings. The summed E-state index contributed by atoms with van der Waals surface area (Å²) in [7, 11) is 0. The lowest BCUT2D eigenvalue weighted by atomic mass is 9.98. The maximum absolute atomic E-state index is 13.7. The van der Waals surface area contributed by atoms with Crippen LogP contribution in [0.2, 0.25) is 0 Å². The molecule has 1 aliphatic heterocycles. The monoisotopic (exact) mass is 380 g/mol. The molecule has 144 valence electrons. The molecule has 0 atom stereocenters. The largest absolute Gasteiger partial charge is 0.343 e. The van der Waals surface area contributed by atoms with Gasteiger partial charge in [-0.2, -0.15) is 9.78 Å². The first-order valence-corrected chi connectivity index (χ1v) is 9.18. The third kappa shape index (κ3) is 3.37. The number of aromatic nitrogens is 2. The van der Waals surface area contributed by atoms with E-state index in [2.05, 4.69) is 5.10 Å². The first-order valence-electron chi connectivity index (χ1n) is 9.18. The van der Waals surface area contributed by atoms with E-state index < -0.39 is 5.79 Å².